The number of rotatable bonds is 2. The van der Waals surface area contributed by atoms with Crippen LogP contribution >= 0.6 is 0 Å². The van der Waals surface area contributed by atoms with E-state index in [-0.39, 0.29) is 6.10 Å². The van der Waals surface area contributed by atoms with Gasteiger partial charge in [0.25, 0.3) is 0 Å². The smallest absolute Gasteiger partial charge is 0.137 e. The molecule has 0 unspecified atom stereocenters. The molecular weight excluding hydrogens is 176 g/mol. The summed E-state index contributed by atoms with van der Waals surface area (Å²) in [4.78, 5) is 11.2. The summed E-state index contributed by atoms with van der Waals surface area (Å²) in [6, 6.07) is 10.2. The van der Waals surface area contributed by atoms with Crippen molar-refractivity contribution in [2.75, 3.05) is 6.61 Å². The number of ketones is 1. The Morgan fingerprint density at radius 3 is 2.79 bits per heavy atom. The Balaban J connectivity index is 1.94. The van der Waals surface area contributed by atoms with Crippen LogP contribution in [0.5, 0.6) is 0 Å². The zero-order valence-corrected chi connectivity index (χ0v) is 8.11. The number of hydrogen-bond acceptors (Lipinski definition) is 2. The van der Waals surface area contributed by atoms with Crippen LogP contribution < -0.4 is 0 Å². The van der Waals surface area contributed by atoms with Crippen molar-refractivity contribution in [1.82, 2.24) is 0 Å². The summed E-state index contributed by atoms with van der Waals surface area (Å²) in [7, 11) is 0. The second kappa shape index (κ2) is 4.38. The quantitative estimate of drug-likeness (QED) is 0.712. The molecule has 0 bridgehead atoms. The zero-order valence-electron chi connectivity index (χ0n) is 8.11. The zero-order chi connectivity index (χ0) is 9.80. The van der Waals surface area contributed by atoms with Gasteiger partial charge in [0.1, 0.15) is 5.78 Å². The number of hydrogen-bond donors (Lipinski definition) is 0. The predicted molar refractivity (Wildman–Crippen MR) is 54.1 cm³/mol. The molecular formula is C12H14O2. The lowest BCUT2D eigenvalue weighted by molar-refractivity contribution is -0.128. The van der Waals surface area contributed by atoms with Crippen LogP contribution in [0.25, 0.3) is 0 Å². The fourth-order valence-corrected chi connectivity index (χ4v) is 1.76. The Bertz CT molecular complexity index is 305. The van der Waals surface area contributed by atoms with Crippen molar-refractivity contribution >= 4 is 5.78 Å². The second-order valence-electron chi connectivity index (χ2n) is 3.68. The van der Waals surface area contributed by atoms with Crippen LogP contribution in [0.1, 0.15) is 18.4 Å². The average molecular weight is 190 g/mol. The number of benzene rings is 1. The molecule has 0 spiro atoms. The third-order valence-corrected chi connectivity index (χ3v) is 2.50. The Hall–Kier alpha value is -1.15. The van der Waals surface area contributed by atoms with Gasteiger partial charge in [0.2, 0.25) is 0 Å². The maximum Gasteiger partial charge on any atom is 0.137 e. The van der Waals surface area contributed by atoms with Crippen LogP contribution in [-0.2, 0) is 16.0 Å². The monoisotopic (exact) mass is 190 g/mol. The van der Waals surface area contributed by atoms with Crippen molar-refractivity contribution in [3.8, 4) is 0 Å². The summed E-state index contributed by atoms with van der Waals surface area (Å²) < 4.78 is 5.53. The summed E-state index contributed by atoms with van der Waals surface area (Å²) in [5.74, 6) is 0.331. The maximum atomic E-state index is 11.2. The normalized spacial score (nSPS) is 22.3. The Morgan fingerprint density at radius 2 is 2.07 bits per heavy atom. The van der Waals surface area contributed by atoms with Gasteiger partial charge in [-0.3, -0.25) is 4.79 Å². The SMILES string of the molecule is O=C1CCO[C@@H](Cc2ccccc2)C1. The van der Waals surface area contributed by atoms with E-state index in [2.05, 4.69) is 12.1 Å². The fraction of sp³-hybridized carbons (Fsp3) is 0.417. The molecule has 74 valence electrons. The second-order valence-corrected chi connectivity index (χ2v) is 3.68. The molecule has 1 fully saturated rings. The van der Waals surface area contributed by atoms with E-state index in [0.29, 0.717) is 25.2 Å². The molecule has 0 aromatic heterocycles. The van der Waals surface area contributed by atoms with Gasteiger partial charge in [0.05, 0.1) is 12.7 Å². The molecule has 0 aliphatic carbocycles. The first-order valence-corrected chi connectivity index (χ1v) is 5.02. The van der Waals surface area contributed by atoms with Crippen LogP contribution in [0.2, 0.25) is 0 Å². The highest BCUT2D eigenvalue weighted by atomic mass is 16.5. The summed E-state index contributed by atoms with van der Waals surface area (Å²) in [6.45, 7) is 0.594. The third-order valence-electron chi connectivity index (χ3n) is 2.50. The van der Waals surface area contributed by atoms with E-state index >= 15 is 0 Å². The van der Waals surface area contributed by atoms with Crippen LogP contribution in [-0.4, -0.2) is 18.5 Å². The highest BCUT2D eigenvalue weighted by molar-refractivity contribution is 5.79. The first-order chi connectivity index (χ1) is 6.84. The van der Waals surface area contributed by atoms with Gasteiger partial charge < -0.3 is 4.74 Å². The van der Waals surface area contributed by atoms with Crippen molar-refractivity contribution in [1.29, 1.82) is 0 Å². The molecule has 1 heterocycles. The third kappa shape index (κ3) is 2.42. The van der Waals surface area contributed by atoms with E-state index in [9.17, 15) is 4.79 Å². The number of carbonyl (C=O) groups excluding carboxylic acids is 1. The van der Waals surface area contributed by atoms with Gasteiger partial charge in [-0.05, 0) is 12.0 Å². The molecule has 1 saturated heterocycles. The molecule has 2 rings (SSSR count). The Kier molecular flexibility index (Phi) is 2.94. The molecule has 0 saturated carbocycles. The van der Waals surface area contributed by atoms with E-state index < -0.39 is 0 Å². The largest absolute Gasteiger partial charge is 0.377 e. The van der Waals surface area contributed by atoms with Crippen molar-refractivity contribution in [2.24, 2.45) is 0 Å². The van der Waals surface area contributed by atoms with Crippen LogP contribution in [0, 0.1) is 0 Å². The van der Waals surface area contributed by atoms with E-state index in [1.807, 2.05) is 18.2 Å². The summed E-state index contributed by atoms with van der Waals surface area (Å²) in [6.07, 6.45) is 2.12. The highest BCUT2D eigenvalue weighted by Crippen LogP contribution is 2.14. The molecule has 1 aliphatic rings. The van der Waals surface area contributed by atoms with Gasteiger partial charge in [-0.15, -0.1) is 0 Å². The lowest BCUT2D eigenvalue weighted by atomic mass is 10.0. The standard InChI is InChI=1S/C12H14O2/c13-11-6-7-14-12(9-11)8-10-4-2-1-3-5-10/h1-5,12H,6-9H2/t12-/m0/s1. The number of ether oxygens (including phenoxy) is 1. The molecule has 0 radical (unpaired) electrons. The molecule has 0 amide bonds. The van der Waals surface area contributed by atoms with Crippen molar-refractivity contribution in [3.63, 3.8) is 0 Å². The summed E-state index contributed by atoms with van der Waals surface area (Å²) in [5.41, 5.74) is 1.24. The van der Waals surface area contributed by atoms with E-state index in [4.69, 9.17) is 4.74 Å². The Labute approximate surface area is 83.9 Å². The first kappa shape index (κ1) is 9.41. The lowest BCUT2D eigenvalue weighted by Gasteiger charge is -2.21. The lowest BCUT2D eigenvalue weighted by Crippen LogP contribution is -2.27. The van der Waals surface area contributed by atoms with Gasteiger partial charge in [0, 0.05) is 12.8 Å². The van der Waals surface area contributed by atoms with Crippen LogP contribution in [0.15, 0.2) is 30.3 Å². The molecule has 1 aromatic rings. The van der Waals surface area contributed by atoms with Crippen molar-refractivity contribution in [3.05, 3.63) is 35.9 Å². The summed E-state index contributed by atoms with van der Waals surface area (Å²) >= 11 is 0. The van der Waals surface area contributed by atoms with Gasteiger partial charge in [-0.25, -0.2) is 0 Å². The van der Waals surface area contributed by atoms with Gasteiger partial charge in [0.15, 0.2) is 0 Å². The minimum absolute atomic E-state index is 0.0960. The van der Waals surface area contributed by atoms with Gasteiger partial charge >= 0.3 is 0 Å². The molecule has 0 N–H and O–H groups in total. The average Bonchev–Trinajstić information content (AvgIpc) is 2.19. The number of carbonyl (C=O) groups is 1. The molecule has 14 heavy (non-hydrogen) atoms. The maximum absolute atomic E-state index is 11.2. The topological polar surface area (TPSA) is 26.3 Å². The van der Waals surface area contributed by atoms with E-state index in [1.165, 1.54) is 5.56 Å². The molecule has 1 atom stereocenters. The minimum atomic E-state index is 0.0960. The molecule has 1 aromatic carbocycles. The van der Waals surface area contributed by atoms with Crippen molar-refractivity contribution < 1.29 is 9.53 Å². The van der Waals surface area contributed by atoms with Gasteiger partial charge in [-0.2, -0.15) is 0 Å². The highest BCUT2D eigenvalue weighted by Gasteiger charge is 2.19. The first-order valence-electron chi connectivity index (χ1n) is 5.02. The van der Waals surface area contributed by atoms with E-state index in [1.54, 1.807) is 0 Å². The fourth-order valence-electron chi connectivity index (χ4n) is 1.76. The predicted octanol–water partition coefficient (Wildman–Crippen LogP) is 1.98. The number of Topliss-reactive ketones (excluding diaryl/α,β-unsaturated/α-hetero) is 1. The molecule has 2 heteroatoms. The summed E-state index contributed by atoms with van der Waals surface area (Å²) in [5, 5.41) is 0. The van der Waals surface area contributed by atoms with Crippen LogP contribution in [0.4, 0.5) is 0 Å². The molecule has 2 nitrogen and oxygen atoms in total. The van der Waals surface area contributed by atoms with E-state index in [0.717, 1.165) is 6.42 Å². The molecule has 1 aliphatic heterocycles. The van der Waals surface area contributed by atoms with Crippen LogP contribution in [0.3, 0.4) is 0 Å². The van der Waals surface area contributed by atoms with Crippen molar-refractivity contribution in [2.45, 2.75) is 25.4 Å². The Morgan fingerprint density at radius 1 is 1.29 bits per heavy atom. The minimum Gasteiger partial charge on any atom is -0.377 e. The van der Waals surface area contributed by atoms with Gasteiger partial charge in [-0.1, -0.05) is 30.3 Å².